The fraction of sp³-hybridized carbons (Fsp3) is 0.214. The van der Waals surface area contributed by atoms with E-state index in [4.69, 9.17) is 4.42 Å². The van der Waals surface area contributed by atoms with E-state index in [1.165, 1.54) is 30.5 Å². The molecule has 0 fully saturated rings. The van der Waals surface area contributed by atoms with Crippen molar-refractivity contribution >= 4 is 5.78 Å². The molecule has 20 heavy (non-hydrogen) atoms. The van der Waals surface area contributed by atoms with Gasteiger partial charge in [-0.2, -0.15) is 0 Å². The third kappa shape index (κ3) is 3.63. The van der Waals surface area contributed by atoms with E-state index >= 15 is 0 Å². The molecule has 3 nitrogen and oxygen atoms in total. The highest BCUT2D eigenvalue weighted by molar-refractivity contribution is 5.98. The fourth-order valence-electron chi connectivity index (χ4n) is 1.76. The van der Waals surface area contributed by atoms with Crippen LogP contribution in [0.2, 0.25) is 0 Å². The second-order valence-electron chi connectivity index (χ2n) is 4.18. The van der Waals surface area contributed by atoms with E-state index in [2.05, 4.69) is 4.74 Å². The maximum absolute atomic E-state index is 12.0. The molecule has 0 unspecified atom stereocenters. The molecule has 0 N–H and O–H groups in total. The number of ketones is 1. The molecule has 1 aromatic carbocycles. The average Bonchev–Trinajstić information content (AvgIpc) is 2.76. The van der Waals surface area contributed by atoms with Gasteiger partial charge in [0.05, 0.1) is 11.8 Å². The second-order valence-corrected chi connectivity index (χ2v) is 4.18. The van der Waals surface area contributed by atoms with E-state index in [0.717, 1.165) is 0 Å². The Bertz CT molecular complexity index is 597. The highest BCUT2D eigenvalue weighted by atomic mass is 19.4. The summed E-state index contributed by atoms with van der Waals surface area (Å²) < 4.78 is 44.8. The van der Waals surface area contributed by atoms with Gasteiger partial charge in [-0.3, -0.25) is 4.79 Å². The minimum atomic E-state index is -4.72. The summed E-state index contributed by atoms with van der Waals surface area (Å²) in [6, 6.07) is 6.78. The Hall–Kier alpha value is -2.24. The topological polar surface area (TPSA) is 39.4 Å². The summed E-state index contributed by atoms with van der Waals surface area (Å²) in [6.45, 7) is 1.67. The van der Waals surface area contributed by atoms with Crippen molar-refractivity contribution in [1.29, 1.82) is 0 Å². The zero-order valence-corrected chi connectivity index (χ0v) is 10.5. The fourth-order valence-corrected chi connectivity index (χ4v) is 1.76. The van der Waals surface area contributed by atoms with Crippen LogP contribution < -0.4 is 4.74 Å². The van der Waals surface area contributed by atoms with Gasteiger partial charge in [-0.25, -0.2) is 0 Å². The molecule has 1 heterocycles. The van der Waals surface area contributed by atoms with Gasteiger partial charge in [-0.1, -0.05) is 12.1 Å². The highest BCUT2D eigenvalue weighted by Crippen LogP contribution is 2.23. The molecule has 6 heteroatoms. The van der Waals surface area contributed by atoms with Crippen LogP contribution in [0.15, 0.2) is 41.0 Å². The Balaban J connectivity index is 2.04. The van der Waals surface area contributed by atoms with Crippen molar-refractivity contribution in [2.75, 3.05) is 0 Å². The summed E-state index contributed by atoms with van der Waals surface area (Å²) in [5, 5.41) is 0. The lowest BCUT2D eigenvalue weighted by Gasteiger charge is -2.09. The number of furan rings is 1. The van der Waals surface area contributed by atoms with Gasteiger partial charge in [0.15, 0.2) is 5.78 Å². The predicted octanol–water partition coefficient (Wildman–Crippen LogP) is 3.91. The number of ether oxygens (including phenoxy) is 1. The first-order valence-electron chi connectivity index (χ1n) is 5.77. The molecule has 0 radical (unpaired) electrons. The number of hydrogen-bond donors (Lipinski definition) is 0. The van der Waals surface area contributed by atoms with Crippen LogP contribution in [0.3, 0.4) is 0 Å². The third-order valence-electron chi connectivity index (χ3n) is 2.68. The summed E-state index contributed by atoms with van der Waals surface area (Å²) in [5.41, 5.74) is 1.07. The van der Waals surface area contributed by atoms with E-state index in [1.54, 1.807) is 13.0 Å². The summed E-state index contributed by atoms with van der Waals surface area (Å²) in [5.74, 6) is 0.0564. The van der Waals surface area contributed by atoms with Crippen molar-refractivity contribution in [1.82, 2.24) is 0 Å². The van der Waals surface area contributed by atoms with Crippen LogP contribution in [-0.2, 0) is 6.42 Å². The molecule has 0 atom stereocenters. The molecular formula is C14H11F3O3. The van der Waals surface area contributed by atoms with Gasteiger partial charge in [0, 0.05) is 6.42 Å². The number of Topliss-reactive ketones (excluding diaryl/α,β-unsaturated/α-hetero) is 1. The molecule has 2 rings (SSSR count). The van der Waals surface area contributed by atoms with Gasteiger partial charge in [0.25, 0.3) is 0 Å². The number of rotatable bonds is 4. The van der Waals surface area contributed by atoms with Crippen molar-refractivity contribution in [2.24, 2.45) is 0 Å². The lowest BCUT2D eigenvalue weighted by Crippen LogP contribution is -2.17. The molecule has 2 aromatic rings. The summed E-state index contributed by atoms with van der Waals surface area (Å²) in [6.07, 6.45) is -3.21. The van der Waals surface area contributed by atoms with Crippen LogP contribution in [0.5, 0.6) is 5.75 Å². The summed E-state index contributed by atoms with van der Waals surface area (Å²) in [4.78, 5) is 11.9. The number of carbonyl (C=O) groups excluding carboxylic acids is 1. The molecule has 106 valence electrons. The number of hydrogen-bond acceptors (Lipinski definition) is 3. The summed E-state index contributed by atoms with van der Waals surface area (Å²) >= 11 is 0. The zero-order valence-electron chi connectivity index (χ0n) is 10.5. The molecule has 0 saturated carbocycles. The average molecular weight is 284 g/mol. The van der Waals surface area contributed by atoms with Gasteiger partial charge in [0.1, 0.15) is 11.5 Å². The molecule has 1 aromatic heterocycles. The molecule has 0 aliphatic heterocycles. The third-order valence-corrected chi connectivity index (χ3v) is 2.68. The SMILES string of the molecule is Cc1occc1C(=O)Cc1ccc(OC(F)(F)F)cc1. The van der Waals surface area contributed by atoms with Crippen LogP contribution in [0, 0.1) is 6.92 Å². The number of aryl methyl sites for hydroxylation is 1. The molecule has 0 spiro atoms. The maximum Gasteiger partial charge on any atom is 0.573 e. The molecule has 0 aliphatic rings. The first kappa shape index (κ1) is 14.2. The van der Waals surface area contributed by atoms with Crippen molar-refractivity contribution in [3.8, 4) is 5.75 Å². The Kier molecular flexibility index (Phi) is 3.83. The van der Waals surface area contributed by atoms with E-state index < -0.39 is 6.36 Å². The van der Waals surface area contributed by atoms with Crippen molar-refractivity contribution in [3.63, 3.8) is 0 Å². The van der Waals surface area contributed by atoms with E-state index in [9.17, 15) is 18.0 Å². The smallest absolute Gasteiger partial charge is 0.469 e. The van der Waals surface area contributed by atoms with Crippen molar-refractivity contribution in [3.05, 3.63) is 53.5 Å². The zero-order chi connectivity index (χ0) is 14.8. The van der Waals surface area contributed by atoms with Gasteiger partial charge >= 0.3 is 6.36 Å². The minimum Gasteiger partial charge on any atom is -0.469 e. The van der Waals surface area contributed by atoms with E-state index in [-0.39, 0.29) is 18.0 Å². The lowest BCUT2D eigenvalue weighted by atomic mass is 10.0. The summed E-state index contributed by atoms with van der Waals surface area (Å²) in [7, 11) is 0. The lowest BCUT2D eigenvalue weighted by molar-refractivity contribution is -0.274. The molecule has 0 saturated heterocycles. The van der Waals surface area contributed by atoms with Crippen molar-refractivity contribution in [2.45, 2.75) is 19.7 Å². The van der Waals surface area contributed by atoms with Crippen LogP contribution in [0.1, 0.15) is 21.7 Å². The first-order valence-corrected chi connectivity index (χ1v) is 5.77. The van der Waals surface area contributed by atoms with Gasteiger partial charge < -0.3 is 9.15 Å². The highest BCUT2D eigenvalue weighted by Gasteiger charge is 2.30. The molecule has 0 amide bonds. The van der Waals surface area contributed by atoms with Crippen molar-refractivity contribution < 1.29 is 27.1 Å². The largest absolute Gasteiger partial charge is 0.573 e. The molecule has 0 bridgehead atoms. The van der Waals surface area contributed by atoms with Crippen LogP contribution in [0.25, 0.3) is 0 Å². The van der Waals surface area contributed by atoms with Crippen LogP contribution in [0.4, 0.5) is 13.2 Å². The van der Waals surface area contributed by atoms with Crippen LogP contribution in [-0.4, -0.2) is 12.1 Å². The number of alkyl halides is 3. The first-order chi connectivity index (χ1) is 9.35. The van der Waals surface area contributed by atoms with E-state index in [1.807, 2.05) is 0 Å². The minimum absolute atomic E-state index is 0.0900. The van der Waals surface area contributed by atoms with Gasteiger partial charge in [-0.05, 0) is 30.7 Å². The molecule has 0 aliphatic carbocycles. The maximum atomic E-state index is 12.0. The number of halogens is 3. The quantitative estimate of drug-likeness (QED) is 0.799. The standard InChI is InChI=1S/C14H11F3O3/c1-9-12(6-7-19-9)13(18)8-10-2-4-11(5-3-10)20-14(15,16)17/h2-7H,8H2,1H3. The Morgan fingerprint density at radius 2 is 1.85 bits per heavy atom. The van der Waals surface area contributed by atoms with E-state index in [0.29, 0.717) is 16.9 Å². The Morgan fingerprint density at radius 1 is 1.20 bits per heavy atom. The Morgan fingerprint density at radius 3 is 2.35 bits per heavy atom. The monoisotopic (exact) mass is 284 g/mol. The van der Waals surface area contributed by atoms with Gasteiger partial charge in [0.2, 0.25) is 0 Å². The predicted molar refractivity (Wildman–Crippen MR) is 64.6 cm³/mol. The number of carbonyl (C=O) groups is 1. The molecular weight excluding hydrogens is 273 g/mol. The normalized spacial score (nSPS) is 11.4. The second kappa shape index (κ2) is 5.40. The Labute approximate surface area is 113 Å². The number of benzene rings is 1. The van der Waals surface area contributed by atoms with Gasteiger partial charge in [-0.15, -0.1) is 13.2 Å². The van der Waals surface area contributed by atoms with Crippen LogP contribution >= 0.6 is 0 Å².